The third kappa shape index (κ3) is 2.57. The lowest BCUT2D eigenvalue weighted by Crippen LogP contribution is -2.24. The molecule has 0 fully saturated rings. The van der Waals surface area contributed by atoms with Crippen LogP contribution in [0, 0.1) is 5.92 Å². The summed E-state index contributed by atoms with van der Waals surface area (Å²) in [5.74, 6) is 0.629. The highest BCUT2D eigenvalue weighted by Gasteiger charge is 2.24. The van der Waals surface area contributed by atoms with Gasteiger partial charge in [0.1, 0.15) is 0 Å². The normalized spacial score (nSPS) is 21.0. The fraction of sp³-hybridized carbons (Fsp3) is 1.00. The Labute approximate surface area is 63.6 Å². The molecule has 1 heteroatoms. The monoisotopic (exact) mass is 148 g/mol. The highest BCUT2D eigenvalue weighted by Crippen LogP contribution is 2.30. The summed E-state index contributed by atoms with van der Waals surface area (Å²) in [5.41, 5.74) is 0. The van der Waals surface area contributed by atoms with Gasteiger partial charge in [0.25, 0.3) is 0 Å². The minimum atomic E-state index is 0.0226. The summed E-state index contributed by atoms with van der Waals surface area (Å²) in [4.78, 5) is 0.0226. The van der Waals surface area contributed by atoms with Crippen molar-refractivity contribution < 1.29 is 0 Å². The van der Waals surface area contributed by atoms with E-state index in [1.807, 2.05) is 0 Å². The molecule has 2 unspecified atom stereocenters. The van der Waals surface area contributed by atoms with E-state index in [4.69, 9.17) is 11.6 Å². The first kappa shape index (κ1) is 9.29. The maximum Gasteiger partial charge on any atom is 0.0441 e. The zero-order valence-electron chi connectivity index (χ0n) is 6.87. The molecule has 0 aliphatic rings. The molecule has 9 heavy (non-hydrogen) atoms. The Bertz CT molecular complexity index is 76.6. The first-order chi connectivity index (χ1) is 4.04. The average Bonchev–Trinajstić information content (AvgIpc) is 1.86. The predicted octanol–water partition coefficient (Wildman–Crippen LogP) is 3.44. The molecular weight excluding hydrogens is 132 g/mol. The second kappa shape index (κ2) is 3.46. The van der Waals surface area contributed by atoms with Gasteiger partial charge in [0.15, 0.2) is 0 Å². The third-order valence-corrected chi connectivity index (χ3v) is 2.97. The van der Waals surface area contributed by atoms with Crippen LogP contribution in [-0.4, -0.2) is 4.87 Å². The zero-order chi connectivity index (χ0) is 7.49. The predicted molar refractivity (Wildman–Crippen MR) is 44.0 cm³/mol. The molecule has 0 N–H and O–H groups in total. The summed E-state index contributed by atoms with van der Waals surface area (Å²) in [7, 11) is 0. The molecule has 0 aromatic heterocycles. The molecule has 0 rings (SSSR count). The topological polar surface area (TPSA) is 0 Å². The summed E-state index contributed by atoms with van der Waals surface area (Å²) < 4.78 is 0. The Kier molecular flexibility index (Phi) is 3.57. The van der Waals surface area contributed by atoms with Gasteiger partial charge in [-0.25, -0.2) is 0 Å². The van der Waals surface area contributed by atoms with Crippen molar-refractivity contribution in [3.63, 3.8) is 0 Å². The third-order valence-electron chi connectivity index (χ3n) is 2.33. The van der Waals surface area contributed by atoms with Crippen LogP contribution in [0.5, 0.6) is 0 Å². The molecule has 0 radical (unpaired) electrons. The number of rotatable bonds is 3. The highest BCUT2D eigenvalue weighted by atomic mass is 35.5. The maximum absolute atomic E-state index is 6.17. The molecule has 0 saturated carbocycles. The molecule has 0 aliphatic carbocycles. The van der Waals surface area contributed by atoms with Crippen molar-refractivity contribution in [2.75, 3.05) is 0 Å². The summed E-state index contributed by atoms with van der Waals surface area (Å²) in [6.07, 6.45) is 2.23. The lowest BCUT2D eigenvalue weighted by molar-refractivity contribution is 0.400. The van der Waals surface area contributed by atoms with E-state index in [2.05, 4.69) is 27.7 Å². The van der Waals surface area contributed by atoms with Crippen LogP contribution in [0.1, 0.15) is 40.5 Å². The summed E-state index contributed by atoms with van der Waals surface area (Å²) in [6, 6.07) is 0. The van der Waals surface area contributed by atoms with Crippen LogP contribution >= 0.6 is 11.6 Å². The van der Waals surface area contributed by atoms with Crippen LogP contribution < -0.4 is 0 Å². The van der Waals surface area contributed by atoms with Gasteiger partial charge in [0, 0.05) is 4.87 Å². The van der Waals surface area contributed by atoms with Crippen molar-refractivity contribution in [1.29, 1.82) is 0 Å². The lowest BCUT2D eigenvalue weighted by Gasteiger charge is -2.26. The van der Waals surface area contributed by atoms with Gasteiger partial charge in [0.05, 0.1) is 0 Å². The second-order valence-corrected chi connectivity index (χ2v) is 3.80. The smallest absolute Gasteiger partial charge is 0.0441 e. The fourth-order valence-corrected chi connectivity index (χ4v) is 0.928. The Hall–Kier alpha value is 0.290. The van der Waals surface area contributed by atoms with Crippen LogP contribution in [0.4, 0.5) is 0 Å². The van der Waals surface area contributed by atoms with E-state index in [-0.39, 0.29) is 4.87 Å². The molecule has 0 heterocycles. The van der Waals surface area contributed by atoms with Gasteiger partial charge in [-0.3, -0.25) is 0 Å². The summed E-state index contributed by atoms with van der Waals surface area (Å²) >= 11 is 6.17. The zero-order valence-corrected chi connectivity index (χ0v) is 7.63. The van der Waals surface area contributed by atoms with Crippen LogP contribution in [0.15, 0.2) is 0 Å². The fourth-order valence-electron chi connectivity index (χ4n) is 0.774. The Morgan fingerprint density at radius 3 is 2.00 bits per heavy atom. The van der Waals surface area contributed by atoms with Gasteiger partial charge in [-0.05, 0) is 19.3 Å². The van der Waals surface area contributed by atoms with E-state index in [1.54, 1.807) is 0 Å². The molecule has 0 aliphatic heterocycles. The van der Waals surface area contributed by atoms with Gasteiger partial charge in [-0.1, -0.05) is 27.2 Å². The quantitative estimate of drug-likeness (QED) is 0.538. The average molecular weight is 149 g/mol. The standard InChI is InChI=1S/C8H17Cl/c1-5-7(3)8(4,9)6-2/h7H,5-6H2,1-4H3. The minimum absolute atomic E-state index is 0.0226. The minimum Gasteiger partial charge on any atom is -0.119 e. The van der Waals surface area contributed by atoms with Crippen LogP contribution in [0.25, 0.3) is 0 Å². The van der Waals surface area contributed by atoms with Gasteiger partial charge in [-0.2, -0.15) is 0 Å². The molecule has 0 nitrogen and oxygen atoms in total. The van der Waals surface area contributed by atoms with Crippen molar-refractivity contribution >= 4 is 11.6 Å². The van der Waals surface area contributed by atoms with Gasteiger partial charge < -0.3 is 0 Å². The van der Waals surface area contributed by atoms with Crippen molar-refractivity contribution in [3.8, 4) is 0 Å². The van der Waals surface area contributed by atoms with E-state index < -0.39 is 0 Å². The molecule has 0 amide bonds. The van der Waals surface area contributed by atoms with E-state index in [9.17, 15) is 0 Å². The van der Waals surface area contributed by atoms with Crippen molar-refractivity contribution in [2.45, 2.75) is 45.4 Å². The number of hydrogen-bond acceptors (Lipinski definition) is 0. The Balaban J connectivity index is 3.80. The number of halogens is 1. The molecule has 0 aromatic carbocycles. The molecular formula is C8H17Cl. The largest absolute Gasteiger partial charge is 0.119 e. The van der Waals surface area contributed by atoms with E-state index in [0.717, 1.165) is 6.42 Å². The van der Waals surface area contributed by atoms with Crippen LogP contribution in [0.3, 0.4) is 0 Å². The van der Waals surface area contributed by atoms with Gasteiger partial charge in [-0.15, -0.1) is 11.6 Å². The summed E-state index contributed by atoms with van der Waals surface area (Å²) in [5, 5.41) is 0. The van der Waals surface area contributed by atoms with Crippen molar-refractivity contribution in [2.24, 2.45) is 5.92 Å². The molecule has 0 spiro atoms. The Morgan fingerprint density at radius 2 is 1.89 bits per heavy atom. The van der Waals surface area contributed by atoms with Crippen LogP contribution in [0.2, 0.25) is 0 Å². The number of alkyl halides is 1. The maximum atomic E-state index is 6.17. The second-order valence-electron chi connectivity index (χ2n) is 2.94. The van der Waals surface area contributed by atoms with E-state index in [0.29, 0.717) is 5.92 Å². The van der Waals surface area contributed by atoms with E-state index in [1.165, 1.54) is 6.42 Å². The highest BCUT2D eigenvalue weighted by molar-refractivity contribution is 6.23. The molecule has 2 atom stereocenters. The first-order valence-corrected chi connectivity index (χ1v) is 4.11. The van der Waals surface area contributed by atoms with Crippen molar-refractivity contribution in [1.82, 2.24) is 0 Å². The van der Waals surface area contributed by atoms with E-state index >= 15 is 0 Å². The molecule has 0 aromatic rings. The van der Waals surface area contributed by atoms with Gasteiger partial charge in [0.2, 0.25) is 0 Å². The van der Waals surface area contributed by atoms with Crippen LogP contribution in [-0.2, 0) is 0 Å². The van der Waals surface area contributed by atoms with Crippen molar-refractivity contribution in [3.05, 3.63) is 0 Å². The molecule has 56 valence electrons. The first-order valence-electron chi connectivity index (χ1n) is 3.73. The Morgan fingerprint density at radius 1 is 1.44 bits per heavy atom. The molecule has 0 bridgehead atoms. The lowest BCUT2D eigenvalue weighted by atomic mass is 9.91. The molecule has 0 saturated heterocycles. The SMILES string of the molecule is CCC(C)C(C)(Cl)CC. The number of hydrogen-bond donors (Lipinski definition) is 0. The summed E-state index contributed by atoms with van der Waals surface area (Å²) in [6.45, 7) is 8.64. The van der Waals surface area contributed by atoms with Gasteiger partial charge >= 0.3 is 0 Å².